The molecule has 0 aliphatic carbocycles. The lowest BCUT2D eigenvalue weighted by molar-refractivity contribution is -0.137. The molecule has 6 rings (SSSR count). The Morgan fingerprint density at radius 3 is 2.43 bits per heavy atom. The summed E-state index contributed by atoms with van der Waals surface area (Å²) in [6.07, 6.45) is -4.18. The van der Waals surface area contributed by atoms with Crippen LogP contribution in [0.4, 0.5) is 23.4 Å². The number of halogens is 4. The Morgan fingerprint density at radius 2 is 1.77 bits per heavy atom. The first-order valence-corrected chi connectivity index (χ1v) is 14.9. The molecule has 1 fully saturated rings. The third-order valence-corrected chi connectivity index (χ3v) is 8.49. The van der Waals surface area contributed by atoms with E-state index in [-0.39, 0.29) is 31.0 Å². The molecule has 3 heterocycles. The van der Waals surface area contributed by atoms with Gasteiger partial charge in [-0.3, -0.25) is 19.3 Å². The summed E-state index contributed by atoms with van der Waals surface area (Å²) >= 11 is 0. The minimum Gasteiger partial charge on any atom is -0.339 e. The highest BCUT2D eigenvalue weighted by Gasteiger charge is 2.47. The van der Waals surface area contributed by atoms with E-state index in [4.69, 9.17) is 5.10 Å². The number of nitriles is 1. The van der Waals surface area contributed by atoms with Gasteiger partial charge in [-0.05, 0) is 61.4 Å². The molecule has 0 saturated carbocycles. The molecule has 3 amide bonds. The number of carbonyl (C=O) groups excluding carboxylic acids is 3. The van der Waals surface area contributed by atoms with Crippen LogP contribution in [-0.4, -0.2) is 51.0 Å². The summed E-state index contributed by atoms with van der Waals surface area (Å²) in [6.45, 7) is 1.76. The van der Waals surface area contributed by atoms with E-state index in [0.29, 0.717) is 40.8 Å². The second-order valence-electron chi connectivity index (χ2n) is 11.3. The van der Waals surface area contributed by atoms with E-state index in [1.807, 2.05) is 6.07 Å². The third-order valence-electron chi connectivity index (χ3n) is 8.49. The molecule has 1 saturated heterocycles. The van der Waals surface area contributed by atoms with Gasteiger partial charge in [0.25, 0.3) is 11.8 Å². The number of rotatable bonds is 7. The molecular formula is C34H28F4N6O3. The molecule has 3 atom stereocenters. The van der Waals surface area contributed by atoms with Gasteiger partial charge in [-0.2, -0.15) is 23.5 Å². The average Bonchev–Trinajstić information content (AvgIpc) is 3.61. The molecule has 4 aromatic rings. The first kappa shape index (κ1) is 31.5. The predicted octanol–water partition coefficient (Wildman–Crippen LogP) is 5.34. The largest absolute Gasteiger partial charge is 0.416 e. The third kappa shape index (κ3) is 5.82. The SMILES string of the molecule is CCN1C(=O)[C@@H](NC(=O)c2cccc(C(F)(F)F)c2)[C@@H](c2ccc(F)cc2)c2c(CN3C(=O)CC[C@H]3C#N)nn(-c3ccccc3)c21. The van der Waals surface area contributed by atoms with Crippen LogP contribution in [0.15, 0.2) is 78.9 Å². The van der Waals surface area contributed by atoms with E-state index >= 15 is 0 Å². The summed E-state index contributed by atoms with van der Waals surface area (Å²) in [5.41, 5.74) is 0.478. The van der Waals surface area contributed by atoms with Crippen molar-refractivity contribution < 1.29 is 31.9 Å². The van der Waals surface area contributed by atoms with Crippen molar-refractivity contribution in [2.45, 2.75) is 50.5 Å². The molecule has 0 bridgehead atoms. The molecule has 0 spiro atoms. The van der Waals surface area contributed by atoms with E-state index in [2.05, 4.69) is 11.4 Å². The number of para-hydroxylation sites is 1. The van der Waals surface area contributed by atoms with Crippen molar-refractivity contribution in [3.8, 4) is 11.8 Å². The Bertz CT molecular complexity index is 1880. The number of alkyl halides is 3. The average molecular weight is 645 g/mol. The zero-order valence-electron chi connectivity index (χ0n) is 25.0. The number of nitrogens with one attached hydrogen (secondary N) is 1. The quantitative estimate of drug-likeness (QED) is 0.273. The maximum absolute atomic E-state index is 14.4. The maximum atomic E-state index is 14.4. The molecule has 1 aromatic heterocycles. The van der Waals surface area contributed by atoms with Gasteiger partial charge in [-0.25, -0.2) is 9.07 Å². The lowest BCUT2D eigenvalue weighted by Gasteiger charge is -2.38. The van der Waals surface area contributed by atoms with Crippen molar-refractivity contribution in [3.05, 3.63) is 113 Å². The summed E-state index contributed by atoms with van der Waals surface area (Å²) in [6, 6.07) is 18.2. The highest BCUT2D eigenvalue weighted by molar-refractivity contribution is 6.05. The van der Waals surface area contributed by atoms with Crippen LogP contribution in [-0.2, 0) is 22.3 Å². The number of aromatic nitrogens is 2. The summed E-state index contributed by atoms with van der Waals surface area (Å²) in [5.74, 6) is -2.91. The maximum Gasteiger partial charge on any atom is 0.416 e. The normalized spacial score (nSPS) is 19.4. The molecule has 47 heavy (non-hydrogen) atoms. The van der Waals surface area contributed by atoms with Crippen molar-refractivity contribution in [2.75, 3.05) is 11.4 Å². The fourth-order valence-electron chi connectivity index (χ4n) is 6.26. The van der Waals surface area contributed by atoms with E-state index in [0.717, 1.165) is 12.1 Å². The fourth-order valence-corrected chi connectivity index (χ4v) is 6.26. The van der Waals surface area contributed by atoms with E-state index in [9.17, 15) is 37.2 Å². The van der Waals surface area contributed by atoms with Gasteiger partial charge in [0, 0.05) is 30.0 Å². The number of hydrogen-bond donors (Lipinski definition) is 1. The molecule has 1 N–H and O–H groups in total. The molecule has 0 radical (unpaired) electrons. The second kappa shape index (κ2) is 12.4. The minimum absolute atomic E-state index is 0.0863. The number of likely N-dealkylation sites (tertiary alicyclic amines) is 1. The van der Waals surface area contributed by atoms with Gasteiger partial charge in [-0.1, -0.05) is 36.4 Å². The summed E-state index contributed by atoms with van der Waals surface area (Å²) in [4.78, 5) is 43.7. The van der Waals surface area contributed by atoms with Crippen molar-refractivity contribution in [1.29, 1.82) is 5.26 Å². The standard InChI is InChI=1S/C34H28F4N6O3/c1-2-42-32-29(26(19-43-25(18-39)15-16-27(43)45)41-44(32)24-9-4-3-5-10-24)28(20-11-13-23(35)14-12-20)30(33(42)47)40-31(46)21-7-6-8-22(17-21)34(36,37)38/h3-14,17,25,28,30H,2,15-16,19H2,1H3,(H,40,46)/t25-,28-,30-/m0/s1. The molecule has 2 aliphatic heterocycles. The number of fused-ring (bicyclic) bond motifs is 1. The molecule has 0 unspecified atom stereocenters. The molecule has 2 aliphatic rings. The van der Waals surface area contributed by atoms with Crippen LogP contribution in [0.3, 0.4) is 0 Å². The highest BCUT2D eigenvalue weighted by atomic mass is 19.4. The second-order valence-corrected chi connectivity index (χ2v) is 11.3. The minimum atomic E-state index is -4.70. The highest BCUT2D eigenvalue weighted by Crippen LogP contribution is 2.44. The smallest absolute Gasteiger partial charge is 0.339 e. The van der Waals surface area contributed by atoms with Gasteiger partial charge in [-0.15, -0.1) is 0 Å². The topological polar surface area (TPSA) is 111 Å². The van der Waals surface area contributed by atoms with Crippen LogP contribution < -0.4 is 10.2 Å². The van der Waals surface area contributed by atoms with Crippen LogP contribution in [0.5, 0.6) is 0 Å². The molecule has 240 valence electrons. The van der Waals surface area contributed by atoms with Gasteiger partial charge < -0.3 is 10.2 Å². The number of anilines is 1. The Morgan fingerprint density at radius 1 is 1.04 bits per heavy atom. The van der Waals surface area contributed by atoms with Crippen LogP contribution in [0.25, 0.3) is 5.69 Å². The molecule has 3 aromatic carbocycles. The van der Waals surface area contributed by atoms with Gasteiger partial charge in [0.1, 0.15) is 23.7 Å². The van der Waals surface area contributed by atoms with Crippen LogP contribution in [0, 0.1) is 17.1 Å². The van der Waals surface area contributed by atoms with Crippen molar-refractivity contribution in [2.24, 2.45) is 0 Å². The molecule has 13 heteroatoms. The molecule has 9 nitrogen and oxygen atoms in total. The number of likely N-dealkylation sites (N-methyl/N-ethyl adjacent to an activating group) is 1. The zero-order valence-corrected chi connectivity index (χ0v) is 25.0. The van der Waals surface area contributed by atoms with Crippen LogP contribution in [0.2, 0.25) is 0 Å². The van der Waals surface area contributed by atoms with Gasteiger partial charge >= 0.3 is 6.18 Å². The first-order valence-electron chi connectivity index (χ1n) is 14.9. The van der Waals surface area contributed by atoms with Crippen LogP contribution in [0.1, 0.15) is 58.4 Å². The fraction of sp³-hybridized carbons (Fsp3) is 0.265. The number of benzene rings is 3. The van der Waals surface area contributed by atoms with Crippen molar-refractivity contribution >= 4 is 23.5 Å². The summed E-state index contributed by atoms with van der Waals surface area (Å²) in [5, 5.41) is 17.3. The molecular weight excluding hydrogens is 616 g/mol. The summed E-state index contributed by atoms with van der Waals surface area (Å²) in [7, 11) is 0. The lowest BCUT2D eigenvalue weighted by atomic mass is 9.80. The van der Waals surface area contributed by atoms with E-state index in [1.165, 1.54) is 40.1 Å². The lowest BCUT2D eigenvalue weighted by Crippen LogP contribution is -2.55. The Balaban J connectivity index is 1.55. The first-order chi connectivity index (χ1) is 22.5. The predicted molar refractivity (Wildman–Crippen MR) is 162 cm³/mol. The number of hydrogen-bond acceptors (Lipinski definition) is 5. The van der Waals surface area contributed by atoms with E-state index < -0.39 is 47.4 Å². The Hall–Kier alpha value is -5.51. The van der Waals surface area contributed by atoms with Gasteiger partial charge in [0.2, 0.25) is 5.91 Å². The van der Waals surface area contributed by atoms with E-state index in [1.54, 1.807) is 35.9 Å². The van der Waals surface area contributed by atoms with Gasteiger partial charge in [0.05, 0.1) is 29.6 Å². The van der Waals surface area contributed by atoms with Crippen molar-refractivity contribution in [1.82, 2.24) is 20.0 Å². The monoisotopic (exact) mass is 644 g/mol. The number of nitrogens with zero attached hydrogens (tertiary/aromatic N) is 5. The van der Waals surface area contributed by atoms with Gasteiger partial charge in [0.15, 0.2) is 0 Å². The zero-order chi connectivity index (χ0) is 33.5. The Labute approximate surface area is 267 Å². The number of carbonyl (C=O) groups is 3. The van der Waals surface area contributed by atoms with Crippen molar-refractivity contribution in [3.63, 3.8) is 0 Å². The summed E-state index contributed by atoms with van der Waals surface area (Å²) < 4.78 is 56.2. The Kier molecular flexibility index (Phi) is 8.27. The van der Waals surface area contributed by atoms with Crippen LogP contribution >= 0.6 is 0 Å². The number of amides is 3.